The number of alkyl halides is 3. The van der Waals surface area contributed by atoms with Crippen molar-refractivity contribution in [3.63, 3.8) is 0 Å². The molecule has 2 fully saturated rings. The highest BCUT2D eigenvalue weighted by atomic mass is 19.4. The predicted octanol–water partition coefficient (Wildman–Crippen LogP) is 2.01. The summed E-state index contributed by atoms with van der Waals surface area (Å²) in [6.45, 7) is 1.99. The summed E-state index contributed by atoms with van der Waals surface area (Å²) in [7, 11) is 0. The zero-order valence-electron chi connectivity index (χ0n) is 11.8. The number of nitrogens with zero attached hydrogens (tertiary/aromatic N) is 1. The fourth-order valence-electron chi connectivity index (χ4n) is 3.11. The molecule has 0 radical (unpaired) electrons. The Labute approximate surface area is 118 Å². The van der Waals surface area contributed by atoms with E-state index in [0.29, 0.717) is 5.92 Å². The first-order valence-electron chi connectivity index (χ1n) is 7.59. The summed E-state index contributed by atoms with van der Waals surface area (Å²) in [5.74, 6) is 1.16. The number of halogens is 3. The highest BCUT2D eigenvalue weighted by Gasteiger charge is 2.33. The number of nitrogens with one attached hydrogen (secondary N) is 1. The molecule has 1 saturated carbocycles. The van der Waals surface area contributed by atoms with Crippen LogP contribution in [0.5, 0.6) is 0 Å². The molecule has 2 aliphatic rings. The average Bonchev–Trinajstić information content (AvgIpc) is 3.17. The van der Waals surface area contributed by atoms with Crippen LogP contribution in [0.25, 0.3) is 0 Å². The van der Waals surface area contributed by atoms with Gasteiger partial charge in [0.25, 0.3) is 0 Å². The number of hydrogen-bond acceptors (Lipinski definition) is 3. The minimum Gasteiger partial charge on any atom is -0.396 e. The predicted molar refractivity (Wildman–Crippen MR) is 71.4 cm³/mol. The van der Waals surface area contributed by atoms with Crippen LogP contribution < -0.4 is 5.32 Å². The van der Waals surface area contributed by atoms with Gasteiger partial charge < -0.3 is 15.3 Å². The lowest BCUT2D eigenvalue weighted by Gasteiger charge is -2.38. The second-order valence-corrected chi connectivity index (χ2v) is 6.32. The molecule has 2 N–H and O–H groups in total. The van der Waals surface area contributed by atoms with Gasteiger partial charge in [-0.3, -0.25) is 0 Å². The Morgan fingerprint density at radius 3 is 2.50 bits per heavy atom. The molecule has 0 spiro atoms. The lowest BCUT2D eigenvalue weighted by atomic mass is 9.90. The summed E-state index contributed by atoms with van der Waals surface area (Å²) in [5.41, 5.74) is 0. The monoisotopic (exact) mass is 294 g/mol. The first kappa shape index (κ1) is 16.0. The smallest absolute Gasteiger partial charge is 0.396 e. The second-order valence-electron chi connectivity index (χ2n) is 6.32. The van der Waals surface area contributed by atoms with Crippen molar-refractivity contribution in [2.45, 2.75) is 44.3 Å². The van der Waals surface area contributed by atoms with Gasteiger partial charge in [-0.2, -0.15) is 13.2 Å². The van der Waals surface area contributed by atoms with Crippen LogP contribution in [-0.4, -0.2) is 55.0 Å². The Hall–Kier alpha value is -0.330. The summed E-state index contributed by atoms with van der Waals surface area (Å²) in [6.07, 6.45) is 0.823. The Morgan fingerprint density at radius 2 is 1.90 bits per heavy atom. The molecule has 0 bridgehead atoms. The van der Waals surface area contributed by atoms with Crippen LogP contribution in [0.15, 0.2) is 0 Å². The van der Waals surface area contributed by atoms with Crippen molar-refractivity contribution >= 4 is 0 Å². The van der Waals surface area contributed by atoms with E-state index in [1.807, 2.05) is 0 Å². The lowest BCUT2D eigenvalue weighted by molar-refractivity contribution is -0.127. The van der Waals surface area contributed by atoms with E-state index in [1.165, 1.54) is 12.8 Å². The van der Waals surface area contributed by atoms with Gasteiger partial charge in [0.05, 0.1) is 6.54 Å². The molecule has 1 aliphatic carbocycles. The summed E-state index contributed by atoms with van der Waals surface area (Å²) in [4.78, 5) is 2.32. The molecule has 1 aliphatic heterocycles. The minimum absolute atomic E-state index is 0.0761. The van der Waals surface area contributed by atoms with Gasteiger partial charge in [0.1, 0.15) is 0 Å². The molecule has 118 valence electrons. The van der Waals surface area contributed by atoms with Crippen molar-refractivity contribution in [2.75, 3.05) is 32.8 Å². The van der Waals surface area contributed by atoms with Crippen molar-refractivity contribution in [3.05, 3.63) is 0 Å². The molecule has 20 heavy (non-hydrogen) atoms. The normalized spacial score (nSPS) is 28.8. The van der Waals surface area contributed by atoms with Crippen molar-refractivity contribution in [2.24, 2.45) is 11.8 Å². The number of likely N-dealkylation sites (tertiary alicyclic amines) is 1. The lowest BCUT2D eigenvalue weighted by Crippen LogP contribution is -2.51. The Balaban J connectivity index is 1.81. The summed E-state index contributed by atoms with van der Waals surface area (Å²) in [5, 5.41) is 11.6. The number of rotatable bonds is 7. The summed E-state index contributed by atoms with van der Waals surface area (Å²) < 4.78 is 37.0. The van der Waals surface area contributed by atoms with Gasteiger partial charge in [-0.15, -0.1) is 0 Å². The number of hydrogen-bond donors (Lipinski definition) is 2. The van der Waals surface area contributed by atoms with Crippen LogP contribution in [0, 0.1) is 11.8 Å². The Kier molecular flexibility index (Phi) is 5.69. The molecule has 1 heterocycles. The molecule has 0 aromatic rings. The maximum absolute atomic E-state index is 12.3. The molecule has 0 amide bonds. The van der Waals surface area contributed by atoms with Gasteiger partial charge in [0, 0.05) is 32.3 Å². The Morgan fingerprint density at radius 1 is 1.15 bits per heavy atom. The molecule has 6 heteroatoms. The van der Waals surface area contributed by atoms with E-state index in [-0.39, 0.29) is 12.6 Å². The maximum Gasteiger partial charge on any atom is 0.401 e. The number of aliphatic hydroxyl groups excluding tert-OH is 1. The number of piperidine rings is 1. The van der Waals surface area contributed by atoms with Crippen LogP contribution in [0.3, 0.4) is 0 Å². The third-order valence-corrected chi connectivity index (χ3v) is 4.19. The van der Waals surface area contributed by atoms with Crippen molar-refractivity contribution in [1.29, 1.82) is 0 Å². The molecule has 2 unspecified atom stereocenters. The zero-order valence-corrected chi connectivity index (χ0v) is 11.8. The second kappa shape index (κ2) is 7.09. The van der Waals surface area contributed by atoms with E-state index >= 15 is 0 Å². The van der Waals surface area contributed by atoms with Crippen LogP contribution in [-0.2, 0) is 0 Å². The average molecular weight is 294 g/mol. The van der Waals surface area contributed by atoms with E-state index in [4.69, 9.17) is 5.11 Å². The van der Waals surface area contributed by atoms with E-state index in [1.54, 1.807) is 0 Å². The Bertz CT molecular complexity index is 295. The van der Waals surface area contributed by atoms with Gasteiger partial charge in [0.15, 0.2) is 0 Å². The van der Waals surface area contributed by atoms with Crippen molar-refractivity contribution in [3.8, 4) is 0 Å². The van der Waals surface area contributed by atoms with Crippen molar-refractivity contribution in [1.82, 2.24) is 10.2 Å². The third-order valence-electron chi connectivity index (χ3n) is 4.19. The SMILES string of the molecule is OCCCC1CC(NCC(F)(F)F)CN(CC2CC2)C1. The first-order valence-corrected chi connectivity index (χ1v) is 7.59. The molecular formula is C14H25F3N2O. The van der Waals surface area contributed by atoms with Crippen LogP contribution >= 0.6 is 0 Å². The first-order chi connectivity index (χ1) is 9.46. The van der Waals surface area contributed by atoms with E-state index in [2.05, 4.69) is 10.2 Å². The van der Waals surface area contributed by atoms with Gasteiger partial charge in [-0.1, -0.05) is 0 Å². The molecule has 2 atom stereocenters. The molecule has 2 rings (SSSR count). The van der Waals surface area contributed by atoms with Gasteiger partial charge in [-0.05, 0) is 43.9 Å². The quantitative estimate of drug-likeness (QED) is 0.754. The molecule has 3 nitrogen and oxygen atoms in total. The van der Waals surface area contributed by atoms with Gasteiger partial charge >= 0.3 is 6.18 Å². The van der Waals surface area contributed by atoms with Crippen LogP contribution in [0.4, 0.5) is 13.2 Å². The van der Waals surface area contributed by atoms with Crippen molar-refractivity contribution < 1.29 is 18.3 Å². The fourth-order valence-corrected chi connectivity index (χ4v) is 3.11. The van der Waals surface area contributed by atoms with E-state index in [9.17, 15) is 13.2 Å². The van der Waals surface area contributed by atoms with E-state index < -0.39 is 12.7 Å². The zero-order chi connectivity index (χ0) is 14.6. The number of aliphatic hydroxyl groups is 1. The van der Waals surface area contributed by atoms with Gasteiger partial charge in [-0.25, -0.2) is 0 Å². The molecular weight excluding hydrogens is 269 g/mol. The van der Waals surface area contributed by atoms with Crippen LogP contribution in [0.2, 0.25) is 0 Å². The maximum atomic E-state index is 12.3. The molecule has 1 saturated heterocycles. The summed E-state index contributed by atoms with van der Waals surface area (Å²) in [6, 6.07) is -0.0761. The van der Waals surface area contributed by atoms with Crippen LogP contribution in [0.1, 0.15) is 32.1 Å². The standard InChI is InChI=1S/C14H25F3N2O/c15-14(16,17)10-18-13-6-12(2-1-5-20)8-19(9-13)7-11-3-4-11/h11-13,18,20H,1-10H2. The topological polar surface area (TPSA) is 35.5 Å². The van der Waals surface area contributed by atoms with Gasteiger partial charge in [0.2, 0.25) is 0 Å². The molecule has 0 aromatic heterocycles. The largest absolute Gasteiger partial charge is 0.401 e. The summed E-state index contributed by atoms with van der Waals surface area (Å²) >= 11 is 0. The minimum atomic E-state index is -4.14. The highest BCUT2D eigenvalue weighted by molar-refractivity contribution is 4.87. The third kappa shape index (κ3) is 5.97. The molecule has 0 aromatic carbocycles. The highest BCUT2D eigenvalue weighted by Crippen LogP contribution is 2.32. The van der Waals surface area contributed by atoms with E-state index in [0.717, 1.165) is 44.8 Å². The fraction of sp³-hybridized carbons (Fsp3) is 1.00.